The highest BCUT2D eigenvalue weighted by molar-refractivity contribution is 5.52. The normalized spacial score (nSPS) is 27.1. The Balaban J connectivity index is 0.671. The summed E-state index contributed by atoms with van der Waals surface area (Å²) in [5.74, 6) is 6.86. The van der Waals surface area contributed by atoms with Gasteiger partial charge < -0.3 is 112 Å². The van der Waals surface area contributed by atoms with E-state index in [2.05, 4.69) is 267 Å². The number of anilines is 9. The van der Waals surface area contributed by atoms with Crippen LogP contribution in [-0.4, -0.2) is 301 Å². The molecule has 0 amide bonds. The lowest BCUT2D eigenvalue weighted by molar-refractivity contribution is -0.304. The van der Waals surface area contributed by atoms with Crippen LogP contribution in [0.1, 0.15) is 398 Å². The standard InChI is InChI=1S/C110H205N27O4/c1-27-33-57-132(81-63-98(7,8)124-99(9,10)64-81)92-115-89(116-93(121-92)133(58-34-28-2)82-65-100(11,12)125-101(13,14)66-82)112-48-42-54-130(53-41-47-111)51-39-45-87-138-77-108(78-139-87)79-140-88(141-80-108)46-40-52-131(55-43-49-113-90-117-94(134(59-35-29-3)83-67-102(15,16)126-103(17,18)68-83)122-95(118-90)135(60-36-30-4)84-69-104(19,20)127-105(21,22)70-84)56-44-50-114-91-119-96-123-97(120-91)137(62-38-32-6)86-72-107(25,26)129-110(74-86)75-109(76-110)73-85(71-106(23,24)128-109)136(96)61-37-31-5/h81-88,124-129H,27-80,111H2,1-26H3,(H,112,115,116,121)(H,113,117,118,122)(H,114,119,120,123). The molecule has 3 aromatic heterocycles. The van der Waals surface area contributed by atoms with Crippen molar-refractivity contribution in [2.75, 3.05) is 176 Å². The molecule has 10 aliphatic heterocycles. The third-order valence-electron chi connectivity index (χ3n) is 32.1. The minimum absolute atomic E-state index is 0.0352. The zero-order valence-corrected chi connectivity index (χ0v) is 94.1. The molecule has 0 radical (unpaired) electrons. The van der Waals surface area contributed by atoms with Crippen molar-refractivity contribution in [1.29, 1.82) is 0 Å². The fraction of sp³-hybridized carbons (Fsp3) is 0.918. The van der Waals surface area contributed by atoms with Crippen molar-refractivity contribution in [3.05, 3.63) is 0 Å². The van der Waals surface area contributed by atoms with Crippen LogP contribution in [0.3, 0.4) is 0 Å². The van der Waals surface area contributed by atoms with Gasteiger partial charge in [0.15, 0.2) is 12.6 Å². The highest BCUT2D eigenvalue weighted by Crippen LogP contribution is 2.56. The van der Waals surface area contributed by atoms with Crippen molar-refractivity contribution in [2.24, 2.45) is 11.1 Å². The summed E-state index contributed by atoms with van der Waals surface area (Å²) in [5.41, 5.74) is 5.56. The van der Waals surface area contributed by atoms with E-state index < -0.39 is 0 Å². The number of aromatic nitrogens is 9. The third kappa shape index (κ3) is 32.1. The highest BCUT2D eigenvalue weighted by atomic mass is 16.7. The summed E-state index contributed by atoms with van der Waals surface area (Å²) < 4.78 is 26.8. The zero-order chi connectivity index (χ0) is 102. The van der Waals surface area contributed by atoms with Gasteiger partial charge in [-0.2, -0.15) is 44.9 Å². The molecule has 31 heteroatoms. The summed E-state index contributed by atoms with van der Waals surface area (Å²) in [6, 6.07) is 1.66. The summed E-state index contributed by atoms with van der Waals surface area (Å²) in [4.78, 5) is 70.4. The maximum atomic E-state index is 6.74. The van der Waals surface area contributed by atoms with Gasteiger partial charge in [-0.1, -0.05) is 80.1 Å². The molecule has 3 spiro atoms. The second-order valence-electron chi connectivity index (χ2n) is 52.5. The SMILES string of the molecule is CCCCN(c1nc(NCCCN(CCCN)CCCC2OCC3(CO2)COC(CCCN(CCCNc2nc(N(CCCC)C4CC(C)(C)NC(C)(C)C4)nc(N(CCCC)C4CC(C)(C)NC(C)(C)C4)n2)CCCNc2nc4nc(n2)N(CCCC)C2CC(C)(C)NC5(C2)CC2(CC(CC(C)(C)N2)N4CCCC)C5)OC3)nc(N(CCCC)C2CC(C)(C)NC(C)(C)C2)n1)C1CC(C)(C)NC(C)(C)C1. The van der Waals surface area contributed by atoms with Crippen LogP contribution in [0.5, 0.6) is 0 Å². The molecule has 1 saturated carbocycles. The Morgan fingerprint density at radius 2 is 0.560 bits per heavy atom. The van der Waals surface area contributed by atoms with Crippen molar-refractivity contribution in [1.82, 2.24) is 86.6 Å². The molecule has 804 valence electrons. The molecule has 11 N–H and O–H groups in total. The number of rotatable bonds is 52. The molecule has 0 aromatic carbocycles. The first-order chi connectivity index (χ1) is 66.6. The fourth-order valence-corrected chi connectivity index (χ4v) is 27.9. The number of hydrogen-bond donors (Lipinski definition) is 10. The number of nitrogens with two attached hydrogens (primary N) is 1. The van der Waals surface area contributed by atoms with Gasteiger partial charge in [0.05, 0.1) is 31.8 Å². The topological polar surface area (TPSA) is 313 Å². The largest absolute Gasteiger partial charge is 0.354 e. The van der Waals surface area contributed by atoms with E-state index in [0.717, 1.165) is 346 Å². The molecule has 3 aromatic rings. The van der Waals surface area contributed by atoms with Crippen LogP contribution >= 0.6 is 0 Å². The van der Waals surface area contributed by atoms with Crippen LogP contribution in [0.4, 0.5) is 53.5 Å². The molecule has 2 unspecified atom stereocenters. The van der Waals surface area contributed by atoms with E-state index in [0.29, 0.717) is 69.4 Å². The van der Waals surface area contributed by atoms with Gasteiger partial charge in [-0.25, -0.2) is 0 Å². The van der Waals surface area contributed by atoms with Gasteiger partial charge >= 0.3 is 0 Å². The van der Waals surface area contributed by atoms with E-state index in [4.69, 9.17) is 69.5 Å². The molecule has 141 heavy (non-hydrogen) atoms. The van der Waals surface area contributed by atoms with E-state index in [-0.39, 0.29) is 109 Å². The van der Waals surface area contributed by atoms with Crippen LogP contribution < -0.4 is 83.0 Å². The zero-order valence-electron chi connectivity index (χ0n) is 94.1. The lowest BCUT2D eigenvalue weighted by Crippen LogP contribution is -2.80. The summed E-state index contributed by atoms with van der Waals surface area (Å²) in [7, 11) is 0. The minimum atomic E-state index is -0.358. The van der Waals surface area contributed by atoms with E-state index >= 15 is 0 Å². The first kappa shape index (κ1) is 113. The minimum Gasteiger partial charge on any atom is -0.354 e. The van der Waals surface area contributed by atoms with Crippen LogP contribution in [0.15, 0.2) is 0 Å². The third-order valence-corrected chi connectivity index (χ3v) is 32.1. The quantitative estimate of drug-likeness (QED) is 0.0235. The number of hydrogen-bond acceptors (Lipinski definition) is 31. The molecule has 8 saturated heterocycles. The van der Waals surface area contributed by atoms with E-state index in [1.54, 1.807) is 0 Å². The molecular formula is C110H205N27O4. The molecule has 13 heterocycles. The lowest BCUT2D eigenvalue weighted by atomic mass is 9.53. The molecule has 11 aliphatic rings. The summed E-state index contributed by atoms with van der Waals surface area (Å²) in [6.07, 6.45) is 34.0. The lowest BCUT2D eigenvalue weighted by Gasteiger charge is -2.67. The molecular weight excluding hydrogens is 1760 g/mol. The van der Waals surface area contributed by atoms with Gasteiger partial charge in [-0.15, -0.1) is 0 Å². The molecule has 14 rings (SSSR count). The predicted octanol–water partition coefficient (Wildman–Crippen LogP) is 17.5. The number of nitrogens with one attached hydrogen (secondary N) is 9. The van der Waals surface area contributed by atoms with E-state index in [1.807, 2.05) is 0 Å². The first-order valence-electron chi connectivity index (χ1n) is 57.1. The first-order valence-corrected chi connectivity index (χ1v) is 57.1. The number of piperidine rings is 6. The molecule has 2 atom stereocenters. The van der Waals surface area contributed by atoms with E-state index in [9.17, 15) is 0 Å². The van der Waals surface area contributed by atoms with Crippen LogP contribution in [0.25, 0.3) is 0 Å². The number of unbranched alkanes of at least 4 members (excludes halogenated alkanes) is 6. The smallest absolute Gasteiger partial charge is 0.232 e. The van der Waals surface area contributed by atoms with Gasteiger partial charge in [0.1, 0.15) is 0 Å². The molecule has 31 nitrogen and oxygen atoms in total. The van der Waals surface area contributed by atoms with Gasteiger partial charge in [-0.05, 0) is 364 Å². The van der Waals surface area contributed by atoms with Gasteiger partial charge in [0, 0.05) is 162 Å². The summed E-state index contributed by atoms with van der Waals surface area (Å²) >= 11 is 0. The maximum Gasteiger partial charge on any atom is 0.232 e. The Hall–Kier alpha value is -5.29. The average molecular weight is 1970 g/mol. The average Bonchev–Trinajstić information content (AvgIpc) is 0.699. The predicted molar refractivity (Wildman–Crippen MR) is 584 cm³/mol. The van der Waals surface area contributed by atoms with Crippen molar-refractivity contribution >= 4 is 53.5 Å². The summed E-state index contributed by atoms with van der Waals surface area (Å²) in [6.45, 7) is 77.1. The Morgan fingerprint density at radius 3 is 0.837 bits per heavy atom. The second-order valence-corrected chi connectivity index (χ2v) is 52.5. The molecule has 9 fully saturated rings. The van der Waals surface area contributed by atoms with Gasteiger partial charge in [-0.3, -0.25) is 0 Å². The fourth-order valence-electron chi connectivity index (χ4n) is 27.9. The van der Waals surface area contributed by atoms with Crippen molar-refractivity contribution < 1.29 is 18.9 Å². The Labute approximate surface area is 855 Å². The van der Waals surface area contributed by atoms with Crippen molar-refractivity contribution in [3.63, 3.8) is 0 Å². The Morgan fingerprint density at radius 1 is 0.298 bits per heavy atom. The Kier molecular flexibility index (Phi) is 38.5. The Bertz CT molecular complexity index is 4040. The molecule has 6 bridgehead atoms. The summed E-state index contributed by atoms with van der Waals surface area (Å²) in [5, 5.41) is 36.0. The maximum absolute atomic E-state index is 6.74. The monoisotopic (exact) mass is 1970 g/mol. The van der Waals surface area contributed by atoms with Crippen molar-refractivity contribution in [2.45, 2.75) is 514 Å². The van der Waals surface area contributed by atoms with Crippen LogP contribution in [-0.2, 0) is 18.9 Å². The highest BCUT2D eigenvalue weighted by Gasteiger charge is 2.63. The van der Waals surface area contributed by atoms with Crippen molar-refractivity contribution in [3.8, 4) is 0 Å². The van der Waals surface area contributed by atoms with Crippen LogP contribution in [0.2, 0.25) is 0 Å². The van der Waals surface area contributed by atoms with Gasteiger partial charge in [0.2, 0.25) is 53.5 Å². The number of nitrogens with zero attached hydrogens (tertiary/aromatic N) is 17. The second kappa shape index (κ2) is 48.1. The molecule has 1 aliphatic carbocycles. The van der Waals surface area contributed by atoms with Crippen LogP contribution in [0, 0.1) is 5.41 Å². The van der Waals surface area contributed by atoms with E-state index in [1.165, 1.54) is 0 Å². The number of ether oxygens (including phenoxy) is 4. The van der Waals surface area contributed by atoms with Gasteiger partial charge in [0.25, 0.3) is 0 Å².